The van der Waals surface area contributed by atoms with Gasteiger partial charge in [0.05, 0.1) is 6.61 Å². The molecule has 0 aliphatic heterocycles. The fourth-order valence-electron chi connectivity index (χ4n) is 2.73. The molecule has 0 aromatic heterocycles. The lowest BCUT2D eigenvalue weighted by atomic mass is 9.92. The molecule has 0 radical (unpaired) electrons. The maximum Gasteiger partial charge on any atom is 0.323 e. The third kappa shape index (κ3) is 5.47. The van der Waals surface area contributed by atoms with Gasteiger partial charge in [0.1, 0.15) is 5.54 Å². The van der Waals surface area contributed by atoms with Crippen molar-refractivity contribution in [2.45, 2.75) is 58.7 Å². The van der Waals surface area contributed by atoms with E-state index in [1.807, 2.05) is 6.92 Å². The van der Waals surface area contributed by atoms with E-state index in [1.165, 1.54) is 0 Å². The second-order valence-electron chi connectivity index (χ2n) is 5.36. The van der Waals surface area contributed by atoms with Crippen molar-refractivity contribution < 1.29 is 14.6 Å². The Bertz CT molecular complexity index is 273. The first-order valence-electron chi connectivity index (χ1n) is 7.05. The number of ether oxygens (including phenoxy) is 1. The zero-order valence-corrected chi connectivity index (χ0v) is 13.2. The molecule has 5 heteroatoms. The third-order valence-electron chi connectivity index (χ3n) is 3.65. The molecule has 0 spiro atoms. The smallest absolute Gasteiger partial charge is 0.323 e. The summed E-state index contributed by atoms with van der Waals surface area (Å²) in [7, 11) is 1.69. The minimum absolute atomic E-state index is 0.176. The molecule has 0 saturated heterocycles. The number of carbonyl (C=O) groups is 1. The second-order valence-corrected chi connectivity index (χ2v) is 5.36. The Morgan fingerprint density at radius 3 is 2.32 bits per heavy atom. The average Bonchev–Trinajstić information content (AvgIpc) is 2.30. The molecule has 0 fully saturated rings. The van der Waals surface area contributed by atoms with E-state index in [4.69, 9.17) is 4.74 Å². The highest BCUT2D eigenvalue weighted by Crippen LogP contribution is 2.18. The van der Waals surface area contributed by atoms with Gasteiger partial charge in [-0.1, -0.05) is 13.8 Å². The summed E-state index contributed by atoms with van der Waals surface area (Å²) < 4.78 is 5.19. The van der Waals surface area contributed by atoms with Crippen molar-refractivity contribution in [3.8, 4) is 0 Å². The number of hydrogen-bond acceptors (Lipinski definition) is 4. The summed E-state index contributed by atoms with van der Waals surface area (Å²) in [4.78, 5) is 13.7. The Kier molecular flexibility index (Phi) is 8.22. The topological polar surface area (TPSA) is 61.8 Å². The van der Waals surface area contributed by atoms with Crippen LogP contribution in [0.15, 0.2) is 0 Å². The van der Waals surface area contributed by atoms with Gasteiger partial charge < -0.3 is 15.2 Å². The van der Waals surface area contributed by atoms with Crippen LogP contribution in [0.3, 0.4) is 0 Å². The quantitative estimate of drug-likeness (QED) is 0.633. The van der Waals surface area contributed by atoms with Crippen LogP contribution in [0.4, 0.5) is 0 Å². The predicted octanol–water partition coefficient (Wildman–Crippen LogP) is 1.57. The van der Waals surface area contributed by atoms with Gasteiger partial charge in [0.2, 0.25) is 0 Å². The molecule has 114 valence electrons. The molecule has 0 amide bonds. The van der Waals surface area contributed by atoms with Gasteiger partial charge in [-0.25, -0.2) is 0 Å². The fourth-order valence-corrected chi connectivity index (χ4v) is 2.73. The van der Waals surface area contributed by atoms with Crippen LogP contribution in [0.1, 0.15) is 41.0 Å². The van der Waals surface area contributed by atoms with Crippen molar-refractivity contribution in [3.63, 3.8) is 0 Å². The second kappa shape index (κ2) is 8.51. The number of rotatable bonds is 10. The van der Waals surface area contributed by atoms with Crippen LogP contribution < -0.4 is 5.32 Å². The van der Waals surface area contributed by atoms with E-state index in [-0.39, 0.29) is 12.1 Å². The zero-order valence-electron chi connectivity index (χ0n) is 13.2. The third-order valence-corrected chi connectivity index (χ3v) is 3.65. The normalized spacial score (nSPS) is 18.1. The Morgan fingerprint density at radius 2 is 1.95 bits per heavy atom. The van der Waals surface area contributed by atoms with E-state index in [0.29, 0.717) is 19.6 Å². The Labute approximate surface area is 117 Å². The number of nitrogens with zero attached hydrogens (tertiary/aromatic N) is 1. The largest absolute Gasteiger partial charge is 0.480 e. The number of aliphatic carboxylic acids is 1. The van der Waals surface area contributed by atoms with E-state index in [1.54, 1.807) is 14.0 Å². The Hall–Kier alpha value is -0.650. The summed E-state index contributed by atoms with van der Waals surface area (Å²) in [6, 6.07) is 0.458. The minimum atomic E-state index is -0.881. The summed E-state index contributed by atoms with van der Waals surface area (Å²) in [6.07, 6.45) is 0.568. The molecule has 0 aromatic carbocycles. The molecule has 0 rings (SSSR count). The van der Waals surface area contributed by atoms with E-state index in [9.17, 15) is 9.90 Å². The Morgan fingerprint density at radius 1 is 1.37 bits per heavy atom. The lowest BCUT2D eigenvalue weighted by molar-refractivity contribution is -0.145. The molecule has 3 atom stereocenters. The van der Waals surface area contributed by atoms with Crippen LogP contribution in [0.25, 0.3) is 0 Å². The molecule has 0 aliphatic carbocycles. The summed E-state index contributed by atoms with van der Waals surface area (Å²) in [6.45, 7) is 12.1. The molecule has 0 bridgehead atoms. The average molecular weight is 274 g/mol. The lowest BCUT2D eigenvalue weighted by Crippen LogP contribution is -2.54. The van der Waals surface area contributed by atoms with Crippen molar-refractivity contribution in [2.75, 3.05) is 26.8 Å². The first kappa shape index (κ1) is 18.4. The number of carboxylic acid groups (broad SMARTS) is 1. The highest BCUT2D eigenvalue weighted by molar-refractivity contribution is 5.78. The number of likely N-dealkylation sites (N-methyl/N-ethyl adjacent to an activating group) is 2. The van der Waals surface area contributed by atoms with Crippen LogP contribution in [-0.4, -0.2) is 60.4 Å². The molecule has 5 nitrogen and oxygen atoms in total. The lowest BCUT2D eigenvalue weighted by Gasteiger charge is -2.37. The van der Waals surface area contributed by atoms with Crippen LogP contribution >= 0.6 is 0 Å². The van der Waals surface area contributed by atoms with Crippen molar-refractivity contribution >= 4 is 5.97 Å². The number of hydrogen-bond donors (Lipinski definition) is 2. The fraction of sp³-hybridized carbons (Fsp3) is 0.929. The van der Waals surface area contributed by atoms with Gasteiger partial charge in [-0.3, -0.25) is 9.69 Å². The maximum atomic E-state index is 11.4. The molecule has 2 N–H and O–H groups in total. The van der Waals surface area contributed by atoms with E-state index in [2.05, 4.69) is 31.0 Å². The van der Waals surface area contributed by atoms with Gasteiger partial charge in [0, 0.05) is 19.2 Å². The molecular weight excluding hydrogens is 244 g/mol. The van der Waals surface area contributed by atoms with Gasteiger partial charge >= 0.3 is 5.97 Å². The Balaban J connectivity index is 4.77. The summed E-state index contributed by atoms with van der Waals surface area (Å²) in [5.74, 6) is -0.795. The van der Waals surface area contributed by atoms with Crippen molar-refractivity contribution in [3.05, 3.63) is 0 Å². The number of nitrogens with one attached hydrogen (secondary N) is 1. The number of methoxy groups -OCH3 is 1. The highest BCUT2D eigenvalue weighted by atomic mass is 16.5. The minimum Gasteiger partial charge on any atom is -0.480 e. The molecule has 0 saturated carbocycles. The van der Waals surface area contributed by atoms with Crippen LogP contribution in [0, 0.1) is 0 Å². The van der Waals surface area contributed by atoms with Crippen molar-refractivity contribution in [1.29, 1.82) is 0 Å². The van der Waals surface area contributed by atoms with Gasteiger partial charge in [0.15, 0.2) is 0 Å². The van der Waals surface area contributed by atoms with Crippen LogP contribution in [0.5, 0.6) is 0 Å². The standard InChI is InChI=1S/C14H30N2O3/c1-7-15-14(5,13(17)18)9-11(3)16(8-2)12(4)10-19-6/h11-12,15H,7-10H2,1-6H3,(H,17,18). The first-order valence-corrected chi connectivity index (χ1v) is 7.05. The summed E-state index contributed by atoms with van der Waals surface area (Å²) in [5.41, 5.74) is -0.881. The first-order chi connectivity index (χ1) is 8.82. The van der Waals surface area contributed by atoms with Crippen molar-refractivity contribution in [2.24, 2.45) is 0 Å². The molecule has 3 unspecified atom stereocenters. The molecule has 0 aromatic rings. The summed E-state index contributed by atoms with van der Waals surface area (Å²) >= 11 is 0. The molecule has 0 heterocycles. The summed E-state index contributed by atoms with van der Waals surface area (Å²) in [5, 5.41) is 12.5. The van der Waals surface area contributed by atoms with Crippen LogP contribution in [0.2, 0.25) is 0 Å². The van der Waals surface area contributed by atoms with Crippen LogP contribution in [-0.2, 0) is 9.53 Å². The number of carboxylic acids is 1. The zero-order chi connectivity index (χ0) is 15.1. The van der Waals surface area contributed by atoms with E-state index >= 15 is 0 Å². The SMILES string of the molecule is CCNC(C)(CC(C)N(CC)C(C)COC)C(=O)O. The van der Waals surface area contributed by atoms with Gasteiger partial charge in [-0.05, 0) is 40.3 Å². The maximum absolute atomic E-state index is 11.4. The monoisotopic (exact) mass is 274 g/mol. The molecule has 19 heavy (non-hydrogen) atoms. The van der Waals surface area contributed by atoms with E-state index in [0.717, 1.165) is 6.54 Å². The van der Waals surface area contributed by atoms with Crippen molar-refractivity contribution in [1.82, 2.24) is 10.2 Å². The van der Waals surface area contributed by atoms with Gasteiger partial charge in [0.25, 0.3) is 0 Å². The van der Waals surface area contributed by atoms with Gasteiger partial charge in [-0.2, -0.15) is 0 Å². The highest BCUT2D eigenvalue weighted by Gasteiger charge is 2.35. The van der Waals surface area contributed by atoms with E-state index < -0.39 is 11.5 Å². The molecule has 0 aliphatic rings. The predicted molar refractivity (Wildman–Crippen MR) is 77.5 cm³/mol. The van der Waals surface area contributed by atoms with Gasteiger partial charge in [-0.15, -0.1) is 0 Å². The molecular formula is C14H30N2O3.